The topological polar surface area (TPSA) is 127 Å². The molecule has 9 nitrogen and oxygen atoms in total. The van der Waals surface area contributed by atoms with Crippen molar-refractivity contribution in [3.05, 3.63) is 78.0 Å². The third-order valence-corrected chi connectivity index (χ3v) is 6.92. The second kappa shape index (κ2) is 10.8. The van der Waals surface area contributed by atoms with E-state index in [1.165, 1.54) is 24.3 Å². The van der Waals surface area contributed by atoms with Gasteiger partial charge in [0.25, 0.3) is 11.8 Å². The molecule has 2 N–H and O–H groups in total. The van der Waals surface area contributed by atoms with E-state index in [1.807, 2.05) is 0 Å². The summed E-state index contributed by atoms with van der Waals surface area (Å²) in [6.45, 7) is 0. The number of hydrogen-bond acceptors (Lipinski definition) is 7. The van der Waals surface area contributed by atoms with Crippen LogP contribution in [-0.4, -0.2) is 48.5 Å². The maximum atomic E-state index is 13.9. The average molecular weight is 513 g/mol. The van der Waals surface area contributed by atoms with Crippen molar-refractivity contribution in [2.45, 2.75) is 42.7 Å². The molecule has 2 heterocycles. The number of pyridine rings is 2. The molecule has 0 atom stereocenters. The number of ether oxygens (including phenoxy) is 1. The van der Waals surface area contributed by atoms with Gasteiger partial charge in [-0.05, 0) is 62.1 Å². The van der Waals surface area contributed by atoms with Crippen LogP contribution in [0, 0.1) is 5.82 Å². The van der Waals surface area contributed by atoms with E-state index < -0.39 is 21.6 Å². The number of sulfone groups is 1. The molecule has 2 aromatic heterocycles. The summed E-state index contributed by atoms with van der Waals surface area (Å²) < 4.78 is 43.2. The summed E-state index contributed by atoms with van der Waals surface area (Å²) in [5.41, 5.74) is 0.242. The standard InChI is InChI=1S/C25H25FN4O5S/c1-36(33,34)20-6-4-5-19(14-20)35-25-21(13-16(26)15-28-25)23(31)29-17-8-10-18(11-9-17)30-24(32)22-7-2-3-12-27-22/h2-7,12-15,17-18H,8-11H2,1H3,(H,29,31)(H,30,32). The minimum absolute atomic E-state index is 0.0375. The van der Waals surface area contributed by atoms with Gasteiger partial charge in [-0.15, -0.1) is 0 Å². The van der Waals surface area contributed by atoms with E-state index in [0.29, 0.717) is 31.4 Å². The average Bonchev–Trinajstić information content (AvgIpc) is 2.86. The van der Waals surface area contributed by atoms with E-state index in [4.69, 9.17) is 4.74 Å². The molecule has 1 aliphatic carbocycles. The Morgan fingerprint density at radius 1 is 0.944 bits per heavy atom. The minimum atomic E-state index is -3.47. The van der Waals surface area contributed by atoms with Crippen LogP contribution >= 0.6 is 0 Å². The molecule has 3 aromatic rings. The zero-order valence-corrected chi connectivity index (χ0v) is 20.3. The first-order chi connectivity index (χ1) is 17.2. The number of halogens is 1. The van der Waals surface area contributed by atoms with Gasteiger partial charge in [0.1, 0.15) is 22.8 Å². The van der Waals surface area contributed by atoms with Crippen LogP contribution < -0.4 is 15.4 Å². The van der Waals surface area contributed by atoms with Crippen molar-refractivity contribution >= 4 is 21.7 Å². The fraction of sp³-hybridized carbons (Fsp3) is 0.280. The monoisotopic (exact) mass is 512 g/mol. The molecule has 0 radical (unpaired) electrons. The Kier molecular flexibility index (Phi) is 7.58. The highest BCUT2D eigenvalue weighted by Crippen LogP contribution is 2.27. The molecule has 1 saturated carbocycles. The Balaban J connectivity index is 1.39. The predicted molar refractivity (Wildman–Crippen MR) is 129 cm³/mol. The van der Waals surface area contributed by atoms with Crippen LogP contribution in [0.15, 0.2) is 65.8 Å². The quantitative estimate of drug-likeness (QED) is 0.497. The van der Waals surface area contributed by atoms with E-state index in [1.54, 1.807) is 24.4 Å². The van der Waals surface area contributed by atoms with Gasteiger partial charge in [0.05, 0.1) is 11.1 Å². The van der Waals surface area contributed by atoms with Crippen LogP contribution in [0.5, 0.6) is 11.6 Å². The largest absolute Gasteiger partial charge is 0.438 e. The Hall–Kier alpha value is -3.86. The summed E-state index contributed by atoms with van der Waals surface area (Å²) in [6, 6.07) is 11.7. The van der Waals surface area contributed by atoms with Gasteiger partial charge in [0, 0.05) is 24.5 Å². The van der Waals surface area contributed by atoms with Gasteiger partial charge in [-0.1, -0.05) is 12.1 Å². The molecule has 188 valence electrons. The number of carbonyl (C=O) groups excluding carboxylic acids is 2. The zero-order valence-electron chi connectivity index (χ0n) is 19.5. The smallest absolute Gasteiger partial charge is 0.270 e. The highest BCUT2D eigenvalue weighted by Gasteiger charge is 2.26. The molecule has 36 heavy (non-hydrogen) atoms. The first-order valence-corrected chi connectivity index (χ1v) is 13.2. The van der Waals surface area contributed by atoms with Crippen LogP contribution in [0.4, 0.5) is 4.39 Å². The van der Waals surface area contributed by atoms with Crippen LogP contribution in [0.3, 0.4) is 0 Å². The molecule has 1 aliphatic rings. The van der Waals surface area contributed by atoms with Crippen molar-refractivity contribution in [2.75, 3.05) is 6.26 Å². The van der Waals surface area contributed by atoms with Crippen LogP contribution in [0.1, 0.15) is 46.5 Å². The number of carbonyl (C=O) groups is 2. The molecule has 1 aromatic carbocycles. The third kappa shape index (κ3) is 6.42. The summed E-state index contributed by atoms with van der Waals surface area (Å²) in [5, 5.41) is 5.85. The van der Waals surface area contributed by atoms with Gasteiger partial charge in [-0.25, -0.2) is 17.8 Å². The summed E-state index contributed by atoms with van der Waals surface area (Å²) in [6.07, 6.45) is 6.10. The second-order valence-corrected chi connectivity index (χ2v) is 10.6. The molecule has 0 bridgehead atoms. The van der Waals surface area contributed by atoms with Crippen LogP contribution in [0.25, 0.3) is 0 Å². The number of hydrogen-bond donors (Lipinski definition) is 2. The van der Waals surface area contributed by atoms with Crippen molar-refractivity contribution in [1.82, 2.24) is 20.6 Å². The lowest BCUT2D eigenvalue weighted by Gasteiger charge is -2.29. The summed E-state index contributed by atoms with van der Waals surface area (Å²) in [7, 11) is -3.47. The molecule has 2 amide bonds. The summed E-state index contributed by atoms with van der Waals surface area (Å²) >= 11 is 0. The van der Waals surface area contributed by atoms with Crippen molar-refractivity contribution in [1.29, 1.82) is 0 Å². The van der Waals surface area contributed by atoms with Crippen molar-refractivity contribution in [2.24, 2.45) is 0 Å². The number of aromatic nitrogens is 2. The van der Waals surface area contributed by atoms with Gasteiger partial charge in [0.2, 0.25) is 5.88 Å². The summed E-state index contributed by atoms with van der Waals surface area (Å²) in [5.74, 6) is -1.50. The second-order valence-electron chi connectivity index (χ2n) is 8.57. The van der Waals surface area contributed by atoms with Crippen molar-refractivity contribution in [3.8, 4) is 11.6 Å². The van der Waals surface area contributed by atoms with Crippen molar-refractivity contribution < 1.29 is 27.1 Å². The normalized spacial score (nSPS) is 17.7. The first kappa shape index (κ1) is 25.2. The lowest BCUT2D eigenvalue weighted by molar-refractivity contribution is 0.0887. The Morgan fingerprint density at radius 3 is 2.28 bits per heavy atom. The van der Waals surface area contributed by atoms with Gasteiger partial charge in [-0.3, -0.25) is 14.6 Å². The fourth-order valence-electron chi connectivity index (χ4n) is 3.95. The molecule has 0 unspecified atom stereocenters. The van der Waals surface area contributed by atoms with E-state index in [9.17, 15) is 22.4 Å². The molecule has 1 fully saturated rings. The van der Waals surface area contributed by atoms with Crippen LogP contribution in [-0.2, 0) is 9.84 Å². The predicted octanol–water partition coefficient (Wildman–Crippen LogP) is 3.28. The Labute approximate surface area is 208 Å². The van der Waals surface area contributed by atoms with E-state index >= 15 is 0 Å². The molecular weight excluding hydrogens is 487 g/mol. The zero-order chi connectivity index (χ0) is 25.7. The molecule has 0 spiro atoms. The maximum Gasteiger partial charge on any atom is 0.270 e. The molecule has 0 saturated heterocycles. The lowest BCUT2D eigenvalue weighted by Crippen LogP contribution is -2.44. The third-order valence-electron chi connectivity index (χ3n) is 5.81. The fourth-order valence-corrected chi connectivity index (χ4v) is 4.61. The first-order valence-electron chi connectivity index (χ1n) is 11.4. The van der Waals surface area contributed by atoms with Gasteiger partial charge in [0.15, 0.2) is 9.84 Å². The van der Waals surface area contributed by atoms with Gasteiger partial charge in [-0.2, -0.15) is 0 Å². The number of nitrogens with one attached hydrogen (secondary N) is 2. The van der Waals surface area contributed by atoms with Gasteiger partial charge >= 0.3 is 0 Å². The Morgan fingerprint density at radius 2 is 1.64 bits per heavy atom. The van der Waals surface area contributed by atoms with Crippen molar-refractivity contribution in [3.63, 3.8) is 0 Å². The van der Waals surface area contributed by atoms with Gasteiger partial charge < -0.3 is 15.4 Å². The highest BCUT2D eigenvalue weighted by molar-refractivity contribution is 7.90. The Bertz CT molecular complexity index is 1360. The number of rotatable bonds is 7. The highest BCUT2D eigenvalue weighted by atomic mass is 32.2. The van der Waals surface area contributed by atoms with E-state index in [2.05, 4.69) is 20.6 Å². The minimum Gasteiger partial charge on any atom is -0.438 e. The van der Waals surface area contributed by atoms with E-state index in [-0.39, 0.29) is 40.1 Å². The lowest BCUT2D eigenvalue weighted by atomic mass is 9.91. The molecule has 4 rings (SSSR count). The maximum absolute atomic E-state index is 13.9. The molecule has 0 aliphatic heterocycles. The number of nitrogens with zero attached hydrogens (tertiary/aromatic N) is 2. The molecule has 11 heteroatoms. The number of amides is 2. The summed E-state index contributed by atoms with van der Waals surface area (Å²) in [4.78, 5) is 33.3. The SMILES string of the molecule is CS(=O)(=O)c1cccc(Oc2ncc(F)cc2C(=O)NC2CCC(NC(=O)c3ccccn3)CC2)c1. The van der Waals surface area contributed by atoms with E-state index in [0.717, 1.165) is 18.5 Å². The van der Waals surface area contributed by atoms with Crippen LogP contribution in [0.2, 0.25) is 0 Å². The molecular formula is C25H25FN4O5S. The number of benzene rings is 1.